The molecule has 0 atom stereocenters. The van der Waals surface area contributed by atoms with Gasteiger partial charge in [0, 0.05) is 12.0 Å². The molecule has 0 saturated heterocycles. The van der Waals surface area contributed by atoms with Crippen molar-refractivity contribution in [3.63, 3.8) is 0 Å². The second-order valence-corrected chi connectivity index (χ2v) is 11.4. The molecule has 0 spiro atoms. The summed E-state index contributed by atoms with van der Waals surface area (Å²) in [5, 5.41) is 15.9. The Morgan fingerprint density at radius 3 is 1.20 bits per heavy atom. The monoisotopic (exact) mass is 794 g/mol. The van der Waals surface area contributed by atoms with Crippen molar-refractivity contribution < 1.29 is 74.6 Å². The molecule has 0 amide bonds. The zero-order valence-electron chi connectivity index (χ0n) is 26.1. The van der Waals surface area contributed by atoms with Crippen LogP contribution in [-0.2, 0) is 25.2 Å². The molecule has 2 aliphatic carbocycles. The van der Waals surface area contributed by atoms with Crippen LogP contribution in [0.5, 0.6) is 0 Å². The van der Waals surface area contributed by atoms with Crippen LogP contribution in [0.2, 0.25) is 0 Å². The van der Waals surface area contributed by atoms with Crippen LogP contribution >= 0.6 is 0 Å². The minimum absolute atomic E-state index is 0.715. The van der Waals surface area contributed by atoms with Gasteiger partial charge in [-0.15, -0.1) is 0 Å². The third kappa shape index (κ3) is 5.73. The molecule has 0 saturated carbocycles. The van der Waals surface area contributed by atoms with Gasteiger partial charge in [-0.25, -0.2) is 35.1 Å². The van der Waals surface area contributed by atoms with Gasteiger partial charge in [0.15, 0.2) is 46.5 Å². The van der Waals surface area contributed by atoms with Crippen molar-refractivity contribution in [2.24, 2.45) is 0 Å². The zero-order valence-corrected chi connectivity index (χ0v) is 26.1. The van der Waals surface area contributed by atoms with Crippen LogP contribution in [0.25, 0.3) is 43.1 Å². The summed E-state index contributed by atoms with van der Waals surface area (Å²) in [4.78, 5) is 5.65. The molecule has 3 aromatic rings. The Kier molecular flexibility index (Phi) is 9.35. The molecule has 0 aliphatic heterocycles. The van der Waals surface area contributed by atoms with Gasteiger partial charge in [0.2, 0.25) is 0 Å². The van der Waals surface area contributed by atoms with E-state index in [2.05, 4.69) is 9.69 Å². The molecule has 0 unspecified atom stereocenters. The molecule has 55 heavy (non-hydrogen) atoms. The molecular weight excluding hydrogens is 787 g/mol. The van der Waals surface area contributed by atoms with Crippen molar-refractivity contribution in [3.8, 4) is 34.4 Å². The highest BCUT2D eigenvalue weighted by Gasteiger charge is 2.49. The highest BCUT2D eigenvalue weighted by molar-refractivity contribution is 5.93. The Morgan fingerprint density at radius 2 is 0.873 bits per heavy atom. The summed E-state index contributed by atoms with van der Waals surface area (Å²) in [5.41, 5.74) is -24.1. The lowest BCUT2D eigenvalue weighted by atomic mass is 9.85. The molecule has 0 heterocycles. The van der Waals surface area contributed by atoms with Gasteiger partial charge in [0.05, 0.1) is 22.3 Å². The molecule has 0 N–H and O–H groups in total. The molecule has 0 fully saturated rings. The molecule has 0 radical (unpaired) electrons. The van der Waals surface area contributed by atoms with Crippen molar-refractivity contribution in [3.05, 3.63) is 125 Å². The highest BCUT2D eigenvalue weighted by atomic mass is 19.4. The van der Waals surface area contributed by atoms with Crippen LogP contribution < -0.4 is 10.4 Å². The molecule has 3 aromatic carbocycles. The predicted molar refractivity (Wildman–Crippen MR) is 151 cm³/mol. The average Bonchev–Trinajstić information content (AvgIpc) is 3.63. The van der Waals surface area contributed by atoms with E-state index < -0.39 is 167 Å². The Morgan fingerprint density at radius 1 is 0.527 bits per heavy atom. The van der Waals surface area contributed by atoms with Crippen molar-refractivity contribution in [2.75, 3.05) is 0 Å². The first-order chi connectivity index (χ1) is 25.3. The van der Waals surface area contributed by atoms with Gasteiger partial charge in [-0.3, -0.25) is 0 Å². The van der Waals surface area contributed by atoms with Gasteiger partial charge in [0.1, 0.15) is 42.0 Å². The number of benzene rings is 3. The van der Waals surface area contributed by atoms with E-state index in [-0.39, 0.29) is 0 Å². The summed E-state index contributed by atoms with van der Waals surface area (Å²) >= 11 is 0. The van der Waals surface area contributed by atoms with E-state index in [1.807, 2.05) is 0 Å². The van der Waals surface area contributed by atoms with E-state index in [1.165, 1.54) is 0 Å². The maximum Gasteiger partial charge on any atom is 0.523 e. The highest BCUT2D eigenvalue weighted by Crippen LogP contribution is 2.48. The van der Waals surface area contributed by atoms with E-state index in [0.717, 1.165) is 19.1 Å². The summed E-state index contributed by atoms with van der Waals surface area (Å²) in [6.45, 7) is 15.4. The van der Waals surface area contributed by atoms with Gasteiger partial charge >= 0.3 is 24.3 Å². The number of nitrogens with zero attached hydrogens (tertiary/aromatic N) is 4. The first-order valence-electron chi connectivity index (χ1n) is 14.2. The average molecular weight is 794 g/mol. The summed E-state index contributed by atoms with van der Waals surface area (Å²) in [6, 6.07) is 2.03. The van der Waals surface area contributed by atoms with Gasteiger partial charge in [-0.05, 0) is 51.6 Å². The van der Waals surface area contributed by atoms with Gasteiger partial charge < -0.3 is 0 Å². The van der Waals surface area contributed by atoms with Gasteiger partial charge in [0.25, 0.3) is 0 Å². The first kappa shape index (κ1) is 39.8. The number of rotatable bonds is 2. The third-order valence-corrected chi connectivity index (χ3v) is 8.68. The normalized spacial score (nSPS) is 14.0. The summed E-state index contributed by atoms with van der Waals surface area (Å²) in [7, 11) is 0. The van der Waals surface area contributed by atoms with Crippen LogP contribution in [0.4, 0.5) is 74.6 Å². The zero-order chi connectivity index (χ0) is 41.6. The fourth-order valence-corrected chi connectivity index (χ4v) is 6.62. The van der Waals surface area contributed by atoms with E-state index in [9.17, 15) is 36.9 Å². The molecule has 5 rings (SSSR count). The first-order valence-corrected chi connectivity index (χ1v) is 14.2. The minimum Gasteiger partial charge on any atom is -0.203 e. The topological polar surface area (TPSA) is 56.3 Å². The van der Waals surface area contributed by atoms with Crippen LogP contribution in [0.3, 0.4) is 0 Å². The van der Waals surface area contributed by atoms with Gasteiger partial charge in [-0.2, -0.15) is 59.7 Å². The Bertz CT molecular complexity index is 2590. The fourth-order valence-electron chi connectivity index (χ4n) is 6.62. The maximum atomic E-state index is 15.8. The smallest absolute Gasteiger partial charge is 0.203 e. The molecular formula is C34H7F17N4. The molecule has 0 aromatic heterocycles. The lowest BCUT2D eigenvalue weighted by Gasteiger charge is -2.21. The predicted octanol–water partition coefficient (Wildman–Crippen LogP) is 9.56. The third-order valence-electron chi connectivity index (χ3n) is 8.68. The fraction of sp³-hybridized carbons (Fsp3) is 0.176. The van der Waals surface area contributed by atoms with Crippen molar-refractivity contribution >= 4 is 11.1 Å². The molecule has 282 valence electrons. The maximum absolute atomic E-state index is 15.8. The van der Waals surface area contributed by atoms with Crippen molar-refractivity contribution in [1.29, 1.82) is 10.5 Å². The Balaban J connectivity index is 2.31. The quantitative estimate of drug-likeness (QED) is 0.112. The second-order valence-electron chi connectivity index (χ2n) is 11.4. The van der Waals surface area contributed by atoms with E-state index >= 15 is 48.3 Å². The van der Waals surface area contributed by atoms with Crippen molar-refractivity contribution in [1.82, 2.24) is 0 Å². The SMILES string of the molecule is [C-]#[N+]C([N+]#[C-])=C1Cc2c(-c3c(F)c(F)c(C(F)(F)F)c(F)c3F)c3c(c(-c4c(F)c(F)c(C(F)(F)F)c(F)c4F)c2=C1C)CC(=C(C#N)C#N)C=3C(F)(F)F. The largest absolute Gasteiger partial charge is 0.523 e. The van der Waals surface area contributed by atoms with E-state index in [1.54, 1.807) is 0 Å². The molecule has 4 nitrogen and oxygen atoms in total. The van der Waals surface area contributed by atoms with Crippen molar-refractivity contribution in [2.45, 2.75) is 38.3 Å². The standard InChI is InChI=1S/C34H7F17N4/c1-8-10(31(54-2)55-3)4-12-14(8)15(18-23(35)27(39)21(33(46,47)48)28(40)24(18)36)13-5-11(9(6-52)7-53)20(32(43,44)45)17(13)16(12)19-25(37)29(41)22(34(49,50)51)30(42)26(19)38/h4-5H2,1H3. The number of alkyl halides is 9. The number of fused-ring (bicyclic) bond motifs is 2. The van der Waals surface area contributed by atoms with E-state index in [4.69, 9.17) is 13.1 Å². The Hall–Kier alpha value is -6.35. The number of allylic oxidation sites excluding steroid dienone is 3. The number of hydrogen-bond donors (Lipinski definition) is 0. The van der Waals surface area contributed by atoms with Gasteiger partial charge in [-0.1, -0.05) is 0 Å². The van der Waals surface area contributed by atoms with Crippen LogP contribution in [0.1, 0.15) is 29.2 Å². The molecule has 0 bridgehead atoms. The lowest BCUT2D eigenvalue weighted by molar-refractivity contribution is -0.144. The summed E-state index contributed by atoms with van der Waals surface area (Å²) in [5.74, 6) is -25.9. The van der Waals surface area contributed by atoms with E-state index in [0.29, 0.717) is 0 Å². The molecule has 21 heteroatoms. The number of hydrogen-bond acceptors (Lipinski definition) is 2. The van der Waals surface area contributed by atoms with Crippen LogP contribution in [0, 0.1) is 82.3 Å². The second kappa shape index (κ2) is 12.9. The number of nitriles is 2. The minimum atomic E-state index is -6.21. The van der Waals surface area contributed by atoms with Crippen LogP contribution in [-0.4, -0.2) is 6.18 Å². The van der Waals surface area contributed by atoms with Crippen LogP contribution in [0.15, 0.2) is 22.5 Å². The number of halogens is 17. The Labute approximate surface area is 293 Å². The summed E-state index contributed by atoms with van der Waals surface area (Å²) in [6.07, 6.45) is -21.4. The molecule has 2 aliphatic rings. The lowest BCUT2D eigenvalue weighted by Crippen LogP contribution is -2.29. The summed E-state index contributed by atoms with van der Waals surface area (Å²) < 4.78 is 250.